The van der Waals surface area contributed by atoms with Gasteiger partial charge in [0.1, 0.15) is 6.01 Å². The van der Waals surface area contributed by atoms with Gasteiger partial charge in [0, 0.05) is 19.6 Å². The number of halogens is 1. The zero-order chi connectivity index (χ0) is 8.53. The molecule has 0 fully saturated rings. The number of hydrazone groups is 1. The second-order valence-corrected chi connectivity index (χ2v) is 2.22. The van der Waals surface area contributed by atoms with Gasteiger partial charge in [-0.15, -0.1) is 17.5 Å². The Balaban J connectivity index is 0. The summed E-state index contributed by atoms with van der Waals surface area (Å²) in [5.74, 6) is 0. The number of aliphatic imine (C=N–C) groups is 1. The fraction of sp³-hybridized carbons (Fsp3) is 0.875. The highest BCUT2D eigenvalue weighted by atomic mass is 35.5. The van der Waals surface area contributed by atoms with Crippen molar-refractivity contribution < 1.29 is 0 Å². The Morgan fingerprint density at radius 3 is 2.17 bits per heavy atom. The molecule has 12 heavy (non-hydrogen) atoms. The Labute approximate surface area is 81.0 Å². The Hall–Kier alpha value is -0.530. The first-order chi connectivity index (χ1) is 5.35. The predicted molar refractivity (Wildman–Crippen MR) is 55.2 cm³/mol. The molecule has 0 aliphatic carbocycles. The maximum Gasteiger partial charge on any atom is 0.114 e. The fourth-order valence-electron chi connectivity index (χ4n) is 0.622. The van der Waals surface area contributed by atoms with Gasteiger partial charge in [0.05, 0.1) is 0 Å². The van der Waals surface area contributed by atoms with Crippen LogP contribution in [0, 0.1) is 0 Å². The van der Waals surface area contributed by atoms with Crippen LogP contribution in [-0.2, 0) is 0 Å². The van der Waals surface area contributed by atoms with E-state index in [2.05, 4.69) is 36.9 Å². The molecule has 0 rings (SSSR count). The molecule has 72 valence electrons. The lowest BCUT2D eigenvalue weighted by Gasteiger charge is -2.09. The summed E-state index contributed by atoms with van der Waals surface area (Å²) < 4.78 is 0. The molecule has 0 aliphatic rings. The van der Waals surface area contributed by atoms with E-state index in [9.17, 15) is 0 Å². The highest BCUT2D eigenvalue weighted by Gasteiger charge is 1.87. The largest absolute Gasteiger partial charge is 0.288 e. The minimum atomic E-state index is 0. The van der Waals surface area contributed by atoms with Gasteiger partial charge in [-0.2, -0.15) is 0 Å². The van der Waals surface area contributed by atoms with Crippen LogP contribution in [0.25, 0.3) is 0 Å². The molecule has 0 heterocycles. The van der Waals surface area contributed by atoms with E-state index < -0.39 is 0 Å². The van der Waals surface area contributed by atoms with Crippen LogP contribution >= 0.6 is 12.4 Å². The summed E-state index contributed by atoms with van der Waals surface area (Å²) >= 11 is 0. The van der Waals surface area contributed by atoms with Crippen molar-refractivity contribution in [2.24, 2.45) is 10.1 Å². The van der Waals surface area contributed by atoms with Gasteiger partial charge in [-0.05, 0) is 20.3 Å². The normalized spacial score (nSPS) is 7.92. The van der Waals surface area contributed by atoms with Gasteiger partial charge in [-0.1, -0.05) is 6.92 Å². The monoisotopic (exact) mass is 191 g/mol. The minimum absolute atomic E-state index is 0. The summed E-state index contributed by atoms with van der Waals surface area (Å²) in [6.45, 7) is 8.88. The van der Waals surface area contributed by atoms with E-state index in [-0.39, 0.29) is 12.4 Å². The molecule has 4 heteroatoms. The first kappa shape index (κ1) is 14.0. The number of hydrogen-bond acceptors (Lipinski definition) is 3. The molecule has 0 saturated carbocycles. The van der Waals surface area contributed by atoms with Crippen LogP contribution in [0.5, 0.6) is 0 Å². The number of hydrogen-bond donors (Lipinski definition) is 0. The van der Waals surface area contributed by atoms with Gasteiger partial charge in [-0.3, -0.25) is 5.01 Å². The van der Waals surface area contributed by atoms with Crippen LogP contribution in [0.4, 0.5) is 0 Å². The molecule has 0 unspecified atom stereocenters. The fourth-order valence-corrected chi connectivity index (χ4v) is 0.622. The second kappa shape index (κ2) is 10.5. The molecule has 0 saturated heterocycles. The number of rotatable bonds is 5. The highest BCUT2D eigenvalue weighted by Crippen LogP contribution is 1.84. The summed E-state index contributed by atoms with van der Waals surface area (Å²) in [5.41, 5.74) is 0. The van der Waals surface area contributed by atoms with Crippen LogP contribution in [0.2, 0.25) is 0 Å². The minimum Gasteiger partial charge on any atom is -0.288 e. The van der Waals surface area contributed by atoms with Crippen LogP contribution in [-0.4, -0.2) is 30.7 Å². The van der Waals surface area contributed by atoms with Crippen molar-refractivity contribution in [3.05, 3.63) is 0 Å². The second-order valence-electron chi connectivity index (χ2n) is 2.22. The van der Waals surface area contributed by atoms with Crippen molar-refractivity contribution in [1.29, 1.82) is 0 Å². The van der Waals surface area contributed by atoms with Crippen LogP contribution in [0.15, 0.2) is 10.1 Å². The molecule has 0 aliphatic heterocycles. The van der Waals surface area contributed by atoms with E-state index >= 15 is 0 Å². The summed E-state index contributed by atoms with van der Waals surface area (Å²) in [6, 6.07) is 2.66. The molecule has 3 nitrogen and oxygen atoms in total. The standard InChI is InChI=1S/C8H17N3.ClH/c1-4-7-9-8-10-11(5-2)6-3;/h4-7H2,1-3H3;1H. The van der Waals surface area contributed by atoms with Gasteiger partial charge >= 0.3 is 0 Å². The summed E-state index contributed by atoms with van der Waals surface area (Å²) in [7, 11) is 0. The lowest BCUT2D eigenvalue weighted by molar-refractivity contribution is 0.323. The molecule has 0 amide bonds. The van der Waals surface area contributed by atoms with Crippen molar-refractivity contribution in [3.8, 4) is 0 Å². The van der Waals surface area contributed by atoms with Gasteiger partial charge < -0.3 is 0 Å². The Bertz CT molecular complexity index is 137. The Morgan fingerprint density at radius 1 is 1.17 bits per heavy atom. The van der Waals surface area contributed by atoms with E-state index in [0.717, 1.165) is 26.1 Å². The zero-order valence-electron chi connectivity index (χ0n) is 8.08. The molecule has 0 aromatic rings. The van der Waals surface area contributed by atoms with E-state index in [0.29, 0.717) is 0 Å². The van der Waals surface area contributed by atoms with Crippen molar-refractivity contribution in [2.75, 3.05) is 19.6 Å². The highest BCUT2D eigenvalue weighted by molar-refractivity contribution is 5.85. The van der Waals surface area contributed by atoms with E-state index in [1.54, 1.807) is 0 Å². The number of nitrogens with zero attached hydrogens (tertiary/aromatic N) is 3. The third-order valence-electron chi connectivity index (χ3n) is 1.32. The SMILES string of the molecule is CCCN=C=NN(CC)CC.Cl. The maximum absolute atomic E-state index is 4.01. The quantitative estimate of drug-likeness (QED) is 0.484. The van der Waals surface area contributed by atoms with Crippen molar-refractivity contribution in [3.63, 3.8) is 0 Å². The van der Waals surface area contributed by atoms with Crippen molar-refractivity contribution >= 4 is 18.4 Å². The average Bonchev–Trinajstić information content (AvgIpc) is 2.05. The average molecular weight is 192 g/mol. The molecule has 0 spiro atoms. The summed E-state index contributed by atoms with van der Waals surface area (Å²) in [6.07, 6.45) is 1.06. The molecular weight excluding hydrogens is 174 g/mol. The first-order valence-electron chi connectivity index (χ1n) is 4.22. The lowest BCUT2D eigenvalue weighted by Crippen LogP contribution is -2.14. The van der Waals surface area contributed by atoms with Crippen molar-refractivity contribution in [2.45, 2.75) is 27.2 Å². The van der Waals surface area contributed by atoms with Crippen LogP contribution in [0.3, 0.4) is 0 Å². The molecule has 0 N–H and O–H groups in total. The summed E-state index contributed by atoms with van der Waals surface area (Å²) in [4.78, 5) is 3.97. The smallest absolute Gasteiger partial charge is 0.114 e. The molecule has 0 aromatic carbocycles. The third-order valence-corrected chi connectivity index (χ3v) is 1.32. The van der Waals surface area contributed by atoms with Gasteiger partial charge in [-0.25, -0.2) is 4.99 Å². The van der Waals surface area contributed by atoms with E-state index in [1.165, 1.54) is 0 Å². The third kappa shape index (κ3) is 7.58. The van der Waals surface area contributed by atoms with Crippen molar-refractivity contribution in [1.82, 2.24) is 5.01 Å². The van der Waals surface area contributed by atoms with Gasteiger partial charge in [0.25, 0.3) is 0 Å². The molecular formula is C8H18ClN3. The van der Waals surface area contributed by atoms with Crippen LogP contribution in [0.1, 0.15) is 27.2 Å². The topological polar surface area (TPSA) is 28.0 Å². The molecule has 0 atom stereocenters. The van der Waals surface area contributed by atoms with Gasteiger partial charge in [0.2, 0.25) is 0 Å². The first-order valence-corrected chi connectivity index (χ1v) is 4.22. The Morgan fingerprint density at radius 2 is 1.75 bits per heavy atom. The Kier molecular flexibility index (Phi) is 12.2. The molecule has 0 bridgehead atoms. The van der Waals surface area contributed by atoms with Gasteiger partial charge in [0.15, 0.2) is 0 Å². The van der Waals surface area contributed by atoms with E-state index in [4.69, 9.17) is 0 Å². The lowest BCUT2D eigenvalue weighted by atomic mass is 10.5. The van der Waals surface area contributed by atoms with Crippen LogP contribution < -0.4 is 0 Å². The molecule has 0 radical (unpaired) electrons. The zero-order valence-corrected chi connectivity index (χ0v) is 8.89. The van der Waals surface area contributed by atoms with E-state index in [1.807, 2.05) is 5.01 Å². The summed E-state index contributed by atoms with van der Waals surface area (Å²) in [5, 5.41) is 5.93. The molecule has 0 aromatic heterocycles. The maximum atomic E-state index is 4.01. The predicted octanol–water partition coefficient (Wildman–Crippen LogP) is 2.25.